The smallest absolute Gasteiger partial charge is 0.0594 e. The molecule has 176 valence electrons. The maximum atomic E-state index is 10.8. The first-order chi connectivity index (χ1) is 14.4. The average Bonchev–Trinajstić information content (AvgIpc) is 3.27. The second kappa shape index (κ2) is 6.86. The van der Waals surface area contributed by atoms with Crippen LogP contribution in [0.4, 0.5) is 0 Å². The van der Waals surface area contributed by atoms with Crippen molar-refractivity contribution in [1.82, 2.24) is 0 Å². The molecular weight excluding hydrogens is 376 g/mol. The van der Waals surface area contributed by atoms with Crippen molar-refractivity contribution in [3.05, 3.63) is 12.2 Å². The van der Waals surface area contributed by atoms with Crippen LogP contribution in [0, 0.1) is 50.7 Å². The lowest BCUT2D eigenvalue weighted by Gasteiger charge is -2.63. The maximum Gasteiger partial charge on any atom is 0.0594 e. The van der Waals surface area contributed by atoms with E-state index in [2.05, 4.69) is 48.1 Å². The Morgan fingerprint density at radius 3 is 2.29 bits per heavy atom. The topological polar surface area (TPSA) is 20.2 Å². The molecule has 0 heterocycles. The van der Waals surface area contributed by atoms with E-state index in [0.717, 1.165) is 30.1 Å². The Morgan fingerprint density at radius 1 is 0.903 bits per heavy atom. The van der Waals surface area contributed by atoms with Gasteiger partial charge in [-0.25, -0.2) is 0 Å². The van der Waals surface area contributed by atoms with Gasteiger partial charge in [-0.3, -0.25) is 0 Å². The molecule has 3 unspecified atom stereocenters. The lowest BCUT2D eigenvalue weighted by atomic mass is 9.41. The van der Waals surface area contributed by atoms with Gasteiger partial charge in [0.1, 0.15) is 0 Å². The van der Waals surface area contributed by atoms with Crippen LogP contribution in [0.2, 0.25) is 0 Å². The van der Waals surface area contributed by atoms with Gasteiger partial charge in [-0.1, -0.05) is 46.6 Å². The van der Waals surface area contributed by atoms with Gasteiger partial charge < -0.3 is 5.11 Å². The summed E-state index contributed by atoms with van der Waals surface area (Å²) in [5.74, 6) is 3.46. The van der Waals surface area contributed by atoms with Crippen LogP contribution in [-0.2, 0) is 0 Å². The number of fused-ring (bicyclic) bond motifs is 2. The van der Waals surface area contributed by atoms with Crippen LogP contribution in [0.1, 0.15) is 119 Å². The summed E-state index contributed by atoms with van der Waals surface area (Å²) in [4.78, 5) is 0. The molecule has 5 rings (SSSR count). The first kappa shape index (κ1) is 22.5. The fraction of sp³-hybridized carbons (Fsp3) is 0.933. The van der Waals surface area contributed by atoms with Gasteiger partial charge in [0.05, 0.1) is 6.10 Å². The predicted molar refractivity (Wildman–Crippen MR) is 131 cm³/mol. The third-order valence-electron chi connectivity index (χ3n) is 13.1. The van der Waals surface area contributed by atoms with E-state index in [1.807, 2.05) is 0 Å². The summed E-state index contributed by atoms with van der Waals surface area (Å²) in [6, 6.07) is 0. The number of hydrogen-bond acceptors (Lipinski definition) is 1. The van der Waals surface area contributed by atoms with Crippen molar-refractivity contribution >= 4 is 0 Å². The van der Waals surface area contributed by atoms with Gasteiger partial charge in [-0.2, -0.15) is 0 Å². The second-order valence-corrected chi connectivity index (χ2v) is 14.4. The van der Waals surface area contributed by atoms with E-state index >= 15 is 0 Å². The van der Waals surface area contributed by atoms with Crippen molar-refractivity contribution < 1.29 is 5.11 Å². The number of allylic oxidation sites excluding steroid dienone is 1. The Bertz CT molecular complexity index is 752. The Morgan fingerprint density at radius 2 is 1.58 bits per heavy atom. The molecule has 0 aromatic rings. The summed E-state index contributed by atoms with van der Waals surface area (Å²) >= 11 is 0. The Balaban J connectivity index is 1.39. The van der Waals surface area contributed by atoms with E-state index in [0.29, 0.717) is 21.7 Å². The van der Waals surface area contributed by atoms with E-state index in [1.165, 1.54) is 76.2 Å². The fourth-order valence-corrected chi connectivity index (χ4v) is 11.2. The molecule has 1 heteroatoms. The zero-order valence-electron chi connectivity index (χ0n) is 21.5. The minimum absolute atomic E-state index is 0.0855. The van der Waals surface area contributed by atoms with Crippen molar-refractivity contribution in [3.63, 3.8) is 0 Å². The summed E-state index contributed by atoms with van der Waals surface area (Å²) < 4.78 is 0. The van der Waals surface area contributed by atoms with E-state index in [9.17, 15) is 5.11 Å². The first-order valence-electron chi connectivity index (χ1n) is 13.8. The zero-order valence-corrected chi connectivity index (χ0v) is 21.5. The van der Waals surface area contributed by atoms with Crippen molar-refractivity contribution in [2.75, 3.05) is 0 Å². The molecule has 0 aromatic heterocycles. The minimum atomic E-state index is -0.0855. The molecule has 0 bridgehead atoms. The number of aliphatic hydroxyl groups excluding tert-OH is 1. The molecular formula is C30H50O. The molecule has 5 saturated carbocycles. The van der Waals surface area contributed by atoms with Crippen LogP contribution in [0.3, 0.4) is 0 Å². The van der Waals surface area contributed by atoms with Crippen LogP contribution in [0.15, 0.2) is 12.2 Å². The van der Waals surface area contributed by atoms with Crippen LogP contribution < -0.4 is 0 Å². The van der Waals surface area contributed by atoms with Crippen LogP contribution >= 0.6 is 0 Å². The molecule has 0 amide bonds. The van der Waals surface area contributed by atoms with Crippen molar-refractivity contribution in [3.8, 4) is 0 Å². The molecule has 5 aliphatic rings. The van der Waals surface area contributed by atoms with Crippen molar-refractivity contribution in [2.45, 2.75) is 125 Å². The zero-order chi connectivity index (χ0) is 22.4. The molecule has 1 nitrogen and oxygen atoms in total. The van der Waals surface area contributed by atoms with Gasteiger partial charge in [-0.05, 0) is 128 Å². The van der Waals surface area contributed by atoms with Crippen molar-refractivity contribution in [1.29, 1.82) is 0 Å². The molecule has 5 aliphatic carbocycles. The van der Waals surface area contributed by atoms with E-state index in [1.54, 1.807) is 0 Å². The number of rotatable bonds is 5. The minimum Gasteiger partial charge on any atom is -0.393 e. The second-order valence-electron chi connectivity index (χ2n) is 14.4. The molecule has 0 radical (unpaired) electrons. The lowest BCUT2D eigenvalue weighted by molar-refractivity contribution is -0.161. The van der Waals surface area contributed by atoms with Crippen LogP contribution in [0.5, 0.6) is 0 Å². The highest BCUT2D eigenvalue weighted by atomic mass is 16.3. The van der Waals surface area contributed by atoms with Gasteiger partial charge in [0.25, 0.3) is 0 Å². The summed E-state index contributed by atoms with van der Waals surface area (Å²) in [7, 11) is 0. The normalized spacial score (nSPS) is 53.0. The maximum absolute atomic E-state index is 10.8. The van der Waals surface area contributed by atoms with Gasteiger partial charge in [0.2, 0.25) is 0 Å². The monoisotopic (exact) mass is 426 g/mol. The Kier molecular flexibility index (Phi) is 4.98. The van der Waals surface area contributed by atoms with Crippen molar-refractivity contribution in [2.24, 2.45) is 50.7 Å². The van der Waals surface area contributed by atoms with Gasteiger partial charge >= 0.3 is 0 Å². The van der Waals surface area contributed by atoms with Gasteiger partial charge in [0, 0.05) is 0 Å². The quantitative estimate of drug-likeness (QED) is 0.439. The fourth-order valence-electron chi connectivity index (χ4n) is 11.2. The third kappa shape index (κ3) is 2.71. The third-order valence-corrected chi connectivity index (χ3v) is 13.1. The number of hydrogen-bond donors (Lipinski definition) is 1. The van der Waals surface area contributed by atoms with E-state index < -0.39 is 0 Å². The SMILES string of the molecule is C=C(C)CCC[C@@H](C)[C@H]1CC[C@@]2(C)[C@@H]3CCC4C(C)(C)C(O)CC[C@@]45CC35CC[C@]12C. The predicted octanol–water partition coefficient (Wildman–Crippen LogP) is 8.17. The van der Waals surface area contributed by atoms with Gasteiger partial charge in [-0.15, -0.1) is 6.58 Å². The van der Waals surface area contributed by atoms with Crippen LogP contribution in [0.25, 0.3) is 0 Å². The standard InChI is InChI=1S/C30H50O/c1-20(2)9-8-10-21(3)22-13-15-28(7)24-12-11-23-26(4,5)25(31)14-16-29(23)19-30(24,29)18-17-27(22,28)6/h21-25,31H,1,8-19H2,2-7H3/t21-,22-,23?,24+,25?,27-,28+,29-,30?/m1/s1. The van der Waals surface area contributed by atoms with Crippen LogP contribution in [-0.4, -0.2) is 11.2 Å². The van der Waals surface area contributed by atoms with E-state index in [-0.39, 0.29) is 11.5 Å². The number of aliphatic hydroxyl groups is 1. The molecule has 0 aliphatic heterocycles. The van der Waals surface area contributed by atoms with E-state index in [4.69, 9.17) is 0 Å². The molecule has 1 N–H and O–H groups in total. The molecule has 31 heavy (non-hydrogen) atoms. The summed E-state index contributed by atoms with van der Waals surface area (Å²) in [5, 5.41) is 10.8. The highest BCUT2D eigenvalue weighted by Crippen LogP contribution is 2.89. The Labute approximate surface area is 192 Å². The summed E-state index contributed by atoms with van der Waals surface area (Å²) in [6.07, 6.45) is 16.4. The largest absolute Gasteiger partial charge is 0.393 e. The average molecular weight is 427 g/mol. The molecule has 5 fully saturated rings. The molecule has 0 aromatic carbocycles. The Hall–Kier alpha value is -0.300. The lowest BCUT2D eigenvalue weighted by Crippen LogP contribution is -2.57. The molecule has 2 spiro atoms. The highest BCUT2D eigenvalue weighted by Gasteiger charge is 2.82. The summed E-state index contributed by atoms with van der Waals surface area (Å²) in [6.45, 7) is 19.1. The first-order valence-corrected chi connectivity index (χ1v) is 13.8. The molecule has 0 saturated heterocycles. The molecule has 9 atom stereocenters. The van der Waals surface area contributed by atoms with Gasteiger partial charge in [0.15, 0.2) is 0 Å². The highest BCUT2D eigenvalue weighted by molar-refractivity contribution is 5.30. The summed E-state index contributed by atoms with van der Waals surface area (Å²) in [5.41, 5.74) is 3.74.